The molecule has 26 heavy (non-hydrogen) atoms. The number of benzene rings is 1. The third-order valence-electron chi connectivity index (χ3n) is 5.96. The molecular formula is C20H26F2N4. The summed E-state index contributed by atoms with van der Waals surface area (Å²) in [7, 11) is 0. The van der Waals surface area contributed by atoms with E-state index in [0.717, 1.165) is 63.2 Å². The normalized spacial score (nSPS) is 22.9. The Bertz CT molecular complexity index is 711. The van der Waals surface area contributed by atoms with Crippen LogP contribution in [0.5, 0.6) is 0 Å². The number of likely N-dealkylation sites (tertiary alicyclic amines) is 2. The van der Waals surface area contributed by atoms with E-state index < -0.39 is 11.6 Å². The van der Waals surface area contributed by atoms with Gasteiger partial charge in [-0.25, -0.2) is 13.8 Å². The number of rotatable bonds is 5. The first-order valence-electron chi connectivity index (χ1n) is 9.55. The Balaban J connectivity index is 1.25. The van der Waals surface area contributed by atoms with Crippen LogP contribution in [0, 0.1) is 23.5 Å². The first kappa shape index (κ1) is 17.6. The number of nitrogens with zero attached hydrogens (tertiary/aromatic N) is 3. The summed E-state index contributed by atoms with van der Waals surface area (Å²) in [4.78, 5) is 12.2. The zero-order valence-corrected chi connectivity index (χ0v) is 15.0. The molecule has 3 heterocycles. The molecule has 0 bridgehead atoms. The van der Waals surface area contributed by atoms with Gasteiger partial charge < -0.3 is 4.98 Å². The number of imidazole rings is 1. The summed E-state index contributed by atoms with van der Waals surface area (Å²) in [5, 5.41) is 0. The molecule has 2 aromatic rings. The number of hydrogen-bond donors (Lipinski definition) is 1. The number of piperidine rings is 1. The SMILES string of the molecule is Fc1cccc(CN2CCC(C3CCN(Cc4ncc[nH]4)C3)CC2)c1F. The largest absolute Gasteiger partial charge is 0.348 e. The van der Waals surface area contributed by atoms with Crippen LogP contribution in [0.3, 0.4) is 0 Å². The van der Waals surface area contributed by atoms with Crippen LogP contribution in [-0.4, -0.2) is 45.9 Å². The Morgan fingerprint density at radius 2 is 1.77 bits per heavy atom. The highest BCUT2D eigenvalue weighted by molar-refractivity contribution is 5.18. The minimum Gasteiger partial charge on any atom is -0.348 e. The minimum absolute atomic E-state index is 0.467. The van der Waals surface area contributed by atoms with Crippen molar-refractivity contribution in [3.05, 3.63) is 53.6 Å². The molecule has 4 rings (SSSR count). The van der Waals surface area contributed by atoms with Gasteiger partial charge in [0.15, 0.2) is 11.6 Å². The maximum absolute atomic E-state index is 13.9. The Labute approximate surface area is 153 Å². The molecule has 2 fully saturated rings. The van der Waals surface area contributed by atoms with Crippen molar-refractivity contribution in [3.8, 4) is 0 Å². The second-order valence-corrected chi connectivity index (χ2v) is 7.65. The van der Waals surface area contributed by atoms with E-state index in [1.165, 1.54) is 12.5 Å². The van der Waals surface area contributed by atoms with Crippen molar-refractivity contribution in [3.63, 3.8) is 0 Å². The van der Waals surface area contributed by atoms with E-state index in [1.807, 2.05) is 6.20 Å². The molecule has 0 spiro atoms. The summed E-state index contributed by atoms with van der Waals surface area (Å²) in [6, 6.07) is 4.46. The van der Waals surface area contributed by atoms with Crippen molar-refractivity contribution in [1.82, 2.24) is 19.8 Å². The quantitative estimate of drug-likeness (QED) is 0.887. The number of nitrogens with one attached hydrogen (secondary N) is 1. The highest BCUT2D eigenvalue weighted by atomic mass is 19.2. The van der Waals surface area contributed by atoms with Crippen LogP contribution in [0.25, 0.3) is 0 Å². The highest BCUT2D eigenvalue weighted by Crippen LogP contribution is 2.32. The zero-order valence-electron chi connectivity index (χ0n) is 15.0. The van der Waals surface area contributed by atoms with Crippen LogP contribution in [0.4, 0.5) is 8.78 Å². The average molecular weight is 360 g/mol. The predicted octanol–water partition coefficient (Wildman–Crippen LogP) is 3.42. The molecule has 0 amide bonds. The minimum atomic E-state index is -0.750. The Hall–Kier alpha value is -1.79. The fraction of sp³-hybridized carbons (Fsp3) is 0.550. The Morgan fingerprint density at radius 3 is 2.54 bits per heavy atom. The molecule has 6 heteroatoms. The molecule has 2 saturated heterocycles. The lowest BCUT2D eigenvalue weighted by Crippen LogP contribution is -2.36. The van der Waals surface area contributed by atoms with Crippen LogP contribution in [0.1, 0.15) is 30.7 Å². The monoisotopic (exact) mass is 360 g/mol. The van der Waals surface area contributed by atoms with Gasteiger partial charge in [0.05, 0.1) is 6.54 Å². The van der Waals surface area contributed by atoms with E-state index >= 15 is 0 Å². The molecule has 1 aromatic heterocycles. The van der Waals surface area contributed by atoms with Crippen molar-refractivity contribution in [1.29, 1.82) is 0 Å². The van der Waals surface area contributed by atoms with Crippen molar-refractivity contribution < 1.29 is 8.78 Å². The molecule has 1 aromatic carbocycles. The summed E-state index contributed by atoms with van der Waals surface area (Å²) in [5.74, 6) is 1.08. The molecule has 0 radical (unpaired) electrons. The third-order valence-corrected chi connectivity index (χ3v) is 5.96. The molecular weight excluding hydrogens is 334 g/mol. The molecule has 0 saturated carbocycles. The molecule has 2 aliphatic heterocycles. The number of H-pyrrole nitrogens is 1. The van der Waals surface area contributed by atoms with E-state index in [9.17, 15) is 8.78 Å². The zero-order chi connectivity index (χ0) is 17.9. The number of aromatic amines is 1. The summed E-state index contributed by atoms with van der Waals surface area (Å²) in [6.07, 6.45) is 7.23. The molecule has 4 nitrogen and oxygen atoms in total. The van der Waals surface area contributed by atoms with E-state index in [2.05, 4.69) is 19.8 Å². The number of halogens is 2. The number of aromatic nitrogens is 2. The van der Waals surface area contributed by atoms with E-state index in [-0.39, 0.29) is 0 Å². The second kappa shape index (κ2) is 7.84. The van der Waals surface area contributed by atoms with Gasteiger partial charge in [-0.1, -0.05) is 12.1 Å². The van der Waals surface area contributed by atoms with Gasteiger partial charge in [0.2, 0.25) is 0 Å². The second-order valence-electron chi connectivity index (χ2n) is 7.65. The fourth-order valence-corrected chi connectivity index (χ4v) is 4.48. The van der Waals surface area contributed by atoms with Gasteiger partial charge in [0.1, 0.15) is 5.82 Å². The van der Waals surface area contributed by atoms with Gasteiger partial charge >= 0.3 is 0 Å². The smallest absolute Gasteiger partial charge is 0.163 e. The van der Waals surface area contributed by atoms with E-state index in [4.69, 9.17) is 0 Å². The molecule has 140 valence electrons. The van der Waals surface area contributed by atoms with E-state index in [1.54, 1.807) is 18.3 Å². The van der Waals surface area contributed by atoms with Crippen molar-refractivity contribution in [2.75, 3.05) is 26.2 Å². The summed E-state index contributed by atoms with van der Waals surface area (Å²) < 4.78 is 27.2. The highest BCUT2D eigenvalue weighted by Gasteiger charge is 2.32. The molecule has 0 aliphatic carbocycles. The topological polar surface area (TPSA) is 35.2 Å². The van der Waals surface area contributed by atoms with Crippen molar-refractivity contribution in [2.24, 2.45) is 11.8 Å². The molecule has 1 N–H and O–H groups in total. The Morgan fingerprint density at radius 1 is 1.00 bits per heavy atom. The van der Waals surface area contributed by atoms with Crippen LogP contribution in [0.15, 0.2) is 30.6 Å². The van der Waals surface area contributed by atoms with Crippen LogP contribution in [0.2, 0.25) is 0 Å². The van der Waals surface area contributed by atoms with E-state index in [0.29, 0.717) is 12.1 Å². The standard InChI is InChI=1S/C20H26F2N4/c21-18-3-1-2-17(20(18)22)13-25-9-4-15(5-10-25)16-6-11-26(12-16)14-19-23-7-8-24-19/h1-3,7-8,15-16H,4-6,9-14H2,(H,23,24). The summed E-state index contributed by atoms with van der Waals surface area (Å²) >= 11 is 0. The number of hydrogen-bond acceptors (Lipinski definition) is 3. The Kier molecular flexibility index (Phi) is 5.31. The molecule has 1 atom stereocenters. The lowest BCUT2D eigenvalue weighted by atomic mass is 9.83. The maximum Gasteiger partial charge on any atom is 0.163 e. The molecule has 2 aliphatic rings. The summed E-state index contributed by atoms with van der Waals surface area (Å²) in [6.45, 7) is 5.63. The van der Waals surface area contributed by atoms with Crippen molar-refractivity contribution in [2.45, 2.75) is 32.4 Å². The predicted molar refractivity (Wildman–Crippen MR) is 96.3 cm³/mol. The fourth-order valence-electron chi connectivity index (χ4n) is 4.48. The maximum atomic E-state index is 13.9. The van der Waals surface area contributed by atoms with Crippen LogP contribution < -0.4 is 0 Å². The lowest BCUT2D eigenvalue weighted by Gasteiger charge is -2.35. The van der Waals surface area contributed by atoms with Gasteiger partial charge in [-0.2, -0.15) is 0 Å². The average Bonchev–Trinajstić information content (AvgIpc) is 3.32. The van der Waals surface area contributed by atoms with Gasteiger partial charge in [-0.3, -0.25) is 9.80 Å². The summed E-state index contributed by atoms with van der Waals surface area (Å²) in [5.41, 5.74) is 0.467. The van der Waals surface area contributed by atoms with Crippen LogP contribution in [-0.2, 0) is 13.1 Å². The van der Waals surface area contributed by atoms with Gasteiger partial charge in [-0.05, 0) is 56.8 Å². The third kappa shape index (κ3) is 3.96. The first-order chi connectivity index (χ1) is 12.7. The van der Waals surface area contributed by atoms with Crippen LogP contribution >= 0.6 is 0 Å². The van der Waals surface area contributed by atoms with Gasteiger partial charge in [-0.15, -0.1) is 0 Å². The lowest BCUT2D eigenvalue weighted by molar-refractivity contribution is 0.139. The van der Waals surface area contributed by atoms with Crippen molar-refractivity contribution >= 4 is 0 Å². The van der Waals surface area contributed by atoms with Gasteiger partial charge in [0, 0.05) is 31.0 Å². The first-order valence-corrected chi connectivity index (χ1v) is 9.55. The van der Waals surface area contributed by atoms with Gasteiger partial charge in [0.25, 0.3) is 0 Å². The molecule has 1 unspecified atom stereocenters.